The van der Waals surface area contributed by atoms with Crippen molar-refractivity contribution in [2.75, 3.05) is 17.3 Å². The van der Waals surface area contributed by atoms with E-state index >= 15 is 0 Å². The molecule has 1 aromatic carbocycles. The van der Waals surface area contributed by atoms with Gasteiger partial charge in [0, 0.05) is 0 Å². The molecule has 4 nitrogen and oxygen atoms in total. The van der Waals surface area contributed by atoms with Crippen molar-refractivity contribution in [2.24, 2.45) is 0 Å². The molecule has 8 heteroatoms. The minimum absolute atomic E-state index is 0.0834. The largest absolute Gasteiger partial charge is 0.478 e. The van der Waals surface area contributed by atoms with E-state index in [1.807, 2.05) is 0 Å². The molecule has 1 rings (SSSR count). The van der Waals surface area contributed by atoms with E-state index in [9.17, 15) is 22.8 Å². The summed E-state index contributed by atoms with van der Waals surface area (Å²) in [7, 11) is 0. The highest BCUT2D eigenvalue weighted by Gasteiger charge is 2.31. The summed E-state index contributed by atoms with van der Waals surface area (Å²) in [4.78, 5) is 22.2. The maximum atomic E-state index is 12.5. The van der Waals surface area contributed by atoms with Crippen molar-refractivity contribution in [2.45, 2.75) is 6.18 Å². The molecule has 0 heterocycles. The lowest BCUT2D eigenvalue weighted by molar-refractivity contribution is -0.137. The maximum absolute atomic E-state index is 12.5. The molecule has 0 atom stereocenters. The third-order valence-electron chi connectivity index (χ3n) is 2.13. The number of rotatable bonds is 4. The highest BCUT2D eigenvalue weighted by Crippen LogP contribution is 2.31. The quantitative estimate of drug-likeness (QED) is 0.895. The molecule has 0 aliphatic heterocycles. The van der Waals surface area contributed by atoms with Crippen molar-refractivity contribution in [3.8, 4) is 0 Å². The summed E-state index contributed by atoms with van der Waals surface area (Å²) in [5.74, 6) is -1.93. The first-order chi connectivity index (χ1) is 8.75. The minimum Gasteiger partial charge on any atom is -0.478 e. The number of hydrogen-bond acceptors (Lipinski definition) is 3. The Morgan fingerprint density at radius 3 is 2.47 bits per heavy atom. The highest BCUT2D eigenvalue weighted by molar-refractivity contribution is 7.99. The van der Waals surface area contributed by atoms with E-state index in [2.05, 4.69) is 5.32 Å². The van der Waals surface area contributed by atoms with Crippen molar-refractivity contribution in [3.05, 3.63) is 29.3 Å². The predicted molar refractivity (Wildman–Crippen MR) is 65.4 cm³/mol. The van der Waals surface area contributed by atoms with E-state index in [0.29, 0.717) is 6.07 Å². The van der Waals surface area contributed by atoms with Crippen LogP contribution in [0.4, 0.5) is 18.9 Å². The molecular formula is C11H10F3NO3S. The van der Waals surface area contributed by atoms with Gasteiger partial charge in [0.05, 0.1) is 22.6 Å². The number of nitrogens with one attached hydrogen (secondary N) is 1. The average Bonchev–Trinajstić information content (AvgIpc) is 2.27. The van der Waals surface area contributed by atoms with Gasteiger partial charge in [-0.15, -0.1) is 0 Å². The molecule has 0 saturated carbocycles. The normalized spacial score (nSPS) is 11.2. The summed E-state index contributed by atoms with van der Waals surface area (Å²) < 4.78 is 37.4. The van der Waals surface area contributed by atoms with Crippen LogP contribution in [0.25, 0.3) is 0 Å². The Morgan fingerprint density at radius 1 is 1.37 bits per heavy atom. The van der Waals surface area contributed by atoms with Crippen molar-refractivity contribution >= 4 is 29.3 Å². The highest BCUT2D eigenvalue weighted by atomic mass is 32.2. The molecule has 0 fully saturated rings. The number of aromatic carboxylic acids is 1. The Morgan fingerprint density at radius 2 is 2.00 bits per heavy atom. The van der Waals surface area contributed by atoms with Crippen LogP contribution in [0, 0.1) is 0 Å². The van der Waals surface area contributed by atoms with Crippen LogP contribution < -0.4 is 5.32 Å². The smallest absolute Gasteiger partial charge is 0.416 e. The molecular weight excluding hydrogens is 283 g/mol. The Labute approximate surface area is 111 Å². The predicted octanol–water partition coefficient (Wildman–Crippen LogP) is 2.71. The summed E-state index contributed by atoms with van der Waals surface area (Å²) in [6.07, 6.45) is -2.96. The number of hydrogen-bond donors (Lipinski definition) is 2. The fourth-order valence-electron chi connectivity index (χ4n) is 1.32. The Kier molecular flexibility index (Phi) is 4.82. The van der Waals surface area contributed by atoms with Crippen LogP contribution in [0.3, 0.4) is 0 Å². The van der Waals surface area contributed by atoms with Gasteiger partial charge in [-0.1, -0.05) is 0 Å². The Hall–Kier alpha value is -1.70. The van der Waals surface area contributed by atoms with Gasteiger partial charge in [-0.05, 0) is 24.5 Å². The number of anilines is 1. The van der Waals surface area contributed by atoms with Gasteiger partial charge in [-0.2, -0.15) is 24.9 Å². The summed E-state index contributed by atoms with van der Waals surface area (Å²) in [5, 5.41) is 11.1. The zero-order valence-electron chi connectivity index (χ0n) is 9.75. The van der Waals surface area contributed by atoms with Crippen molar-refractivity contribution in [3.63, 3.8) is 0 Å². The second-order valence-electron chi connectivity index (χ2n) is 3.54. The molecule has 2 N–H and O–H groups in total. The molecule has 19 heavy (non-hydrogen) atoms. The SMILES string of the molecule is CSCC(=O)Nc1ccc(C(F)(F)F)cc1C(=O)O. The molecule has 0 aliphatic carbocycles. The van der Waals surface area contributed by atoms with Crippen LogP contribution in [0.5, 0.6) is 0 Å². The Balaban J connectivity index is 3.12. The fourth-order valence-corrected chi connectivity index (χ4v) is 1.66. The number of carbonyl (C=O) groups is 2. The van der Waals surface area contributed by atoms with Gasteiger partial charge in [0.2, 0.25) is 5.91 Å². The van der Waals surface area contributed by atoms with Gasteiger partial charge in [0.1, 0.15) is 0 Å². The van der Waals surface area contributed by atoms with Crippen LogP contribution in [0.15, 0.2) is 18.2 Å². The molecule has 0 spiro atoms. The van der Waals surface area contributed by atoms with Crippen LogP contribution in [-0.4, -0.2) is 29.0 Å². The van der Waals surface area contributed by atoms with E-state index in [1.54, 1.807) is 6.26 Å². The van der Waals surface area contributed by atoms with Crippen LogP contribution in [0.1, 0.15) is 15.9 Å². The van der Waals surface area contributed by atoms with Gasteiger partial charge in [0.15, 0.2) is 0 Å². The standard InChI is InChI=1S/C11H10F3NO3S/c1-19-5-9(16)15-8-3-2-6(11(12,13)14)4-7(8)10(17)18/h2-4H,5H2,1H3,(H,15,16)(H,17,18). The summed E-state index contributed by atoms with van der Waals surface area (Å²) in [6, 6.07) is 2.16. The molecule has 104 valence electrons. The lowest BCUT2D eigenvalue weighted by Crippen LogP contribution is -2.17. The molecule has 0 saturated heterocycles. The molecule has 0 bridgehead atoms. The third-order valence-corrected chi connectivity index (χ3v) is 2.68. The van der Waals surface area contributed by atoms with Gasteiger partial charge in [0.25, 0.3) is 0 Å². The maximum Gasteiger partial charge on any atom is 0.416 e. The lowest BCUT2D eigenvalue weighted by atomic mass is 10.1. The summed E-state index contributed by atoms with van der Waals surface area (Å²) in [5.41, 5.74) is -1.82. The lowest BCUT2D eigenvalue weighted by Gasteiger charge is -2.11. The number of alkyl halides is 3. The van der Waals surface area contributed by atoms with E-state index in [-0.39, 0.29) is 11.4 Å². The molecule has 1 aromatic rings. The molecule has 0 unspecified atom stereocenters. The number of carboxylic acid groups (broad SMARTS) is 1. The second-order valence-corrected chi connectivity index (χ2v) is 4.41. The second kappa shape index (κ2) is 5.96. The first-order valence-electron chi connectivity index (χ1n) is 4.99. The van der Waals surface area contributed by atoms with Crippen molar-refractivity contribution in [1.29, 1.82) is 0 Å². The van der Waals surface area contributed by atoms with Gasteiger partial charge < -0.3 is 10.4 Å². The van der Waals surface area contributed by atoms with Crippen LogP contribution in [0.2, 0.25) is 0 Å². The molecule has 0 aromatic heterocycles. The van der Waals surface area contributed by atoms with E-state index in [0.717, 1.165) is 12.1 Å². The monoisotopic (exact) mass is 293 g/mol. The summed E-state index contributed by atoms with van der Waals surface area (Å²) >= 11 is 1.21. The number of carboxylic acids is 1. The molecule has 0 aliphatic rings. The molecule has 1 amide bonds. The number of carbonyl (C=O) groups excluding carboxylic acids is 1. The first-order valence-corrected chi connectivity index (χ1v) is 6.38. The third kappa shape index (κ3) is 4.16. The first kappa shape index (κ1) is 15.4. The Bertz CT molecular complexity index is 502. The summed E-state index contributed by atoms with van der Waals surface area (Å²) in [6.45, 7) is 0. The van der Waals surface area contributed by atoms with Crippen molar-refractivity contribution in [1.82, 2.24) is 0 Å². The number of thioether (sulfide) groups is 1. The number of halogens is 3. The number of amides is 1. The zero-order valence-corrected chi connectivity index (χ0v) is 10.6. The number of benzene rings is 1. The van der Waals surface area contributed by atoms with Crippen molar-refractivity contribution < 1.29 is 27.9 Å². The minimum atomic E-state index is -4.63. The van der Waals surface area contributed by atoms with Crippen LogP contribution in [-0.2, 0) is 11.0 Å². The zero-order chi connectivity index (χ0) is 14.6. The average molecular weight is 293 g/mol. The molecule has 0 radical (unpaired) electrons. The van der Waals surface area contributed by atoms with E-state index in [1.165, 1.54) is 11.8 Å². The van der Waals surface area contributed by atoms with Gasteiger partial charge >= 0.3 is 12.1 Å². The van der Waals surface area contributed by atoms with E-state index in [4.69, 9.17) is 5.11 Å². The topological polar surface area (TPSA) is 66.4 Å². The van der Waals surface area contributed by atoms with Crippen LogP contribution >= 0.6 is 11.8 Å². The van der Waals surface area contributed by atoms with Gasteiger partial charge in [-0.25, -0.2) is 4.79 Å². The van der Waals surface area contributed by atoms with Gasteiger partial charge in [-0.3, -0.25) is 4.79 Å². The fraction of sp³-hybridized carbons (Fsp3) is 0.273. The van der Waals surface area contributed by atoms with E-state index < -0.39 is 29.2 Å².